The number of nitrogens with one attached hydrogen (secondary N) is 2. The largest absolute Gasteiger partial charge is 0.462 e. The van der Waals surface area contributed by atoms with E-state index >= 15 is 0 Å². The average Bonchev–Trinajstić information content (AvgIpc) is 2.85. The molecule has 0 fully saturated rings. The maximum Gasteiger partial charge on any atom is 0.342 e. The molecule has 0 saturated heterocycles. The van der Waals surface area contributed by atoms with Crippen molar-refractivity contribution in [2.24, 2.45) is 0 Å². The Kier molecular flexibility index (Phi) is 5.89. The van der Waals surface area contributed by atoms with Crippen molar-refractivity contribution in [3.8, 4) is 0 Å². The molecule has 1 aromatic rings. The second kappa shape index (κ2) is 7.19. The van der Waals surface area contributed by atoms with Crippen molar-refractivity contribution < 1.29 is 27.5 Å². The maximum absolute atomic E-state index is 11.8. The topological polar surface area (TPSA) is 120 Å². The smallest absolute Gasteiger partial charge is 0.342 e. The molecule has 0 amide bonds. The molecule has 19 heavy (non-hydrogen) atoms. The molecule has 0 aliphatic rings. The van der Waals surface area contributed by atoms with E-state index in [1.807, 2.05) is 4.89 Å². The van der Waals surface area contributed by atoms with E-state index in [-0.39, 0.29) is 25.4 Å². The lowest BCUT2D eigenvalue weighted by Gasteiger charge is -2.06. The molecule has 0 bridgehead atoms. The summed E-state index contributed by atoms with van der Waals surface area (Å²) in [6, 6.07) is 0. The highest BCUT2D eigenvalue weighted by molar-refractivity contribution is 7.89. The molecule has 0 radical (unpaired) electrons. The molecule has 9 nitrogen and oxygen atoms in total. The van der Waals surface area contributed by atoms with E-state index in [1.54, 1.807) is 6.92 Å². The maximum atomic E-state index is 11.8. The molecule has 0 atom stereocenters. The van der Waals surface area contributed by atoms with Crippen LogP contribution in [0.25, 0.3) is 0 Å². The summed E-state index contributed by atoms with van der Waals surface area (Å²) >= 11 is 0. The third-order valence-electron chi connectivity index (χ3n) is 1.93. The van der Waals surface area contributed by atoms with Gasteiger partial charge in [0.1, 0.15) is 5.56 Å². The van der Waals surface area contributed by atoms with Gasteiger partial charge in [-0.05, 0) is 6.92 Å². The molecule has 0 aromatic carbocycles. The summed E-state index contributed by atoms with van der Waals surface area (Å²) in [5, 5.41) is 5.31. The Morgan fingerprint density at radius 1 is 1.47 bits per heavy atom. The molecular formula is C9H15N3O6S. The van der Waals surface area contributed by atoms with Gasteiger partial charge in [-0.15, -0.1) is 0 Å². The van der Waals surface area contributed by atoms with E-state index in [0.29, 0.717) is 0 Å². The second-order valence-corrected chi connectivity index (χ2v) is 4.84. The number of carbonyl (C=O) groups is 1. The van der Waals surface area contributed by atoms with E-state index in [0.717, 1.165) is 6.20 Å². The Bertz CT molecular complexity index is 512. The van der Waals surface area contributed by atoms with Gasteiger partial charge in [0, 0.05) is 7.11 Å². The van der Waals surface area contributed by atoms with Crippen molar-refractivity contribution in [1.29, 1.82) is 0 Å². The van der Waals surface area contributed by atoms with Gasteiger partial charge in [0.25, 0.3) is 10.0 Å². The Labute approximate surface area is 110 Å². The number of aromatic amines is 1. The standard InChI is InChI=1S/C9H15N3O6S/c1-3-17-9(13)7-6-10-11-8(7)19(14,15)12-18-5-4-16-2/h6,12H,3-5H2,1-2H3,(H,10,11). The minimum Gasteiger partial charge on any atom is -0.462 e. The fraction of sp³-hybridized carbons (Fsp3) is 0.556. The Morgan fingerprint density at radius 2 is 2.21 bits per heavy atom. The van der Waals surface area contributed by atoms with Crippen LogP contribution < -0.4 is 4.89 Å². The van der Waals surface area contributed by atoms with Crippen LogP contribution in [0.2, 0.25) is 0 Å². The van der Waals surface area contributed by atoms with Gasteiger partial charge in [-0.25, -0.2) is 13.2 Å². The van der Waals surface area contributed by atoms with Gasteiger partial charge in [0.05, 0.1) is 26.0 Å². The first kappa shape index (κ1) is 15.6. The summed E-state index contributed by atoms with van der Waals surface area (Å²) < 4.78 is 33.1. The summed E-state index contributed by atoms with van der Waals surface area (Å²) in [5.41, 5.74) is -0.190. The van der Waals surface area contributed by atoms with E-state index in [4.69, 9.17) is 9.57 Å². The van der Waals surface area contributed by atoms with Gasteiger partial charge in [-0.1, -0.05) is 4.89 Å². The van der Waals surface area contributed by atoms with Gasteiger partial charge >= 0.3 is 5.97 Å². The van der Waals surface area contributed by atoms with Crippen molar-refractivity contribution in [3.63, 3.8) is 0 Å². The van der Waals surface area contributed by atoms with E-state index in [1.165, 1.54) is 7.11 Å². The molecular weight excluding hydrogens is 278 g/mol. The molecule has 1 heterocycles. The van der Waals surface area contributed by atoms with E-state index < -0.39 is 21.0 Å². The first-order chi connectivity index (χ1) is 9.03. The van der Waals surface area contributed by atoms with Crippen molar-refractivity contribution in [1.82, 2.24) is 15.1 Å². The second-order valence-electron chi connectivity index (χ2n) is 3.26. The summed E-state index contributed by atoms with van der Waals surface area (Å²) in [6.07, 6.45) is 1.07. The molecule has 0 saturated carbocycles. The number of H-pyrrole nitrogens is 1. The number of nitrogens with zero attached hydrogens (tertiary/aromatic N) is 1. The Morgan fingerprint density at radius 3 is 2.84 bits per heavy atom. The van der Waals surface area contributed by atoms with E-state index in [2.05, 4.69) is 14.9 Å². The van der Waals surface area contributed by atoms with Gasteiger partial charge in [-0.2, -0.15) is 5.10 Å². The SMILES string of the molecule is CCOC(=O)c1cn[nH]c1S(=O)(=O)NOCCOC. The number of rotatable bonds is 8. The molecule has 0 spiro atoms. The summed E-state index contributed by atoms with van der Waals surface area (Å²) in [5.74, 6) is -0.784. The average molecular weight is 293 g/mol. The highest BCUT2D eigenvalue weighted by Gasteiger charge is 2.26. The van der Waals surface area contributed by atoms with Gasteiger partial charge in [0.2, 0.25) is 0 Å². The normalized spacial score (nSPS) is 11.5. The lowest BCUT2D eigenvalue weighted by atomic mass is 10.4. The number of sulfonamides is 1. The predicted molar refractivity (Wildman–Crippen MR) is 62.7 cm³/mol. The molecule has 108 valence electrons. The van der Waals surface area contributed by atoms with Crippen molar-refractivity contribution in [2.45, 2.75) is 11.9 Å². The van der Waals surface area contributed by atoms with Crippen molar-refractivity contribution >= 4 is 16.0 Å². The summed E-state index contributed by atoms with van der Waals surface area (Å²) in [4.78, 5) is 18.1. The number of hydrogen-bond acceptors (Lipinski definition) is 7. The highest BCUT2D eigenvalue weighted by Crippen LogP contribution is 2.12. The Balaban J connectivity index is 2.78. The highest BCUT2D eigenvalue weighted by atomic mass is 32.2. The zero-order valence-corrected chi connectivity index (χ0v) is 11.3. The third kappa shape index (κ3) is 4.28. The number of methoxy groups -OCH3 is 1. The van der Waals surface area contributed by atoms with Crippen molar-refractivity contribution in [3.05, 3.63) is 11.8 Å². The fourth-order valence-corrected chi connectivity index (χ4v) is 2.04. The van der Waals surface area contributed by atoms with Crippen LogP contribution in [0.4, 0.5) is 0 Å². The van der Waals surface area contributed by atoms with Gasteiger partial charge < -0.3 is 9.47 Å². The summed E-state index contributed by atoms with van der Waals surface area (Å²) in [7, 11) is -2.59. The first-order valence-corrected chi connectivity index (χ1v) is 6.84. The number of aromatic nitrogens is 2. The monoisotopic (exact) mass is 293 g/mol. The first-order valence-electron chi connectivity index (χ1n) is 5.36. The number of ether oxygens (including phenoxy) is 2. The molecule has 2 N–H and O–H groups in total. The fourth-order valence-electron chi connectivity index (χ4n) is 1.12. The third-order valence-corrected chi connectivity index (χ3v) is 3.11. The lowest BCUT2D eigenvalue weighted by Crippen LogP contribution is -2.27. The molecule has 1 rings (SSSR count). The predicted octanol–water partition coefficient (Wildman–Crippen LogP) is -0.557. The Hall–Kier alpha value is -1.49. The molecule has 1 aromatic heterocycles. The lowest BCUT2D eigenvalue weighted by molar-refractivity contribution is 0.0434. The van der Waals surface area contributed by atoms with Crippen LogP contribution in [0, 0.1) is 0 Å². The number of hydrogen-bond donors (Lipinski definition) is 2. The summed E-state index contributed by atoms with van der Waals surface area (Å²) in [6.45, 7) is 1.98. The van der Waals surface area contributed by atoms with Gasteiger partial charge in [0.15, 0.2) is 5.03 Å². The van der Waals surface area contributed by atoms with Crippen LogP contribution in [0.5, 0.6) is 0 Å². The van der Waals surface area contributed by atoms with Gasteiger partial charge in [-0.3, -0.25) is 9.94 Å². The molecule has 0 aliphatic heterocycles. The minimum atomic E-state index is -4.04. The van der Waals surface area contributed by atoms with E-state index in [9.17, 15) is 13.2 Å². The zero-order chi connectivity index (χ0) is 14.3. The molecule has 0 aliphatic carbocycles. The molecule has 0 unspecified atom stereocenters. The minimum absolute atomic E-state index is 0.0264. The zero-order valence-electron chi connectivity index (χ0n) is 10.5. The van der Waals surface area contributed by atoms with Crippen LogP contribution in [0.3, 0.4) is 0 Å². The van der Waals surface area contributed by atoms with Crippen LogP contribution in [0.15, 0.2) is 11.2 Å². The molecule has 10 heteroatoms. The van der Waals surface area contributed by atoms with Crippen LogP contribution >= 0.6 is 0 Å². The van der Waals surface area contributed by atoms with Crippen LogP contribution in [-0.4, -0.2) is 51.5 Å². The van der Waals surface area contributed by atoms with Crippen LogP contribution in [0.1, 0.15) is 17.3 Å². The van der Waals surface area contributed by atoms with Crippen molar-refractivity contribution in [2.75, 3.05) is 26.9 Å². The number of carbonyl (C=O) groups excluding carboxylic acids is 1. The quantitative estimate of drug-likeness (QED) is 0.374. The van der Waals surface area contributed by atoms with Crippen LogP contribution in [-0.2, 0) is 24.3 Å². The number of esters is 1.